The fraction of sp³-hybridized carbons (Fsp3) is 0.350. The van der Waals surface area contributed by atoms with Gasteiger partial charge in [-0.2, -0.15) is 0 Å². The fourth-order valence-corrected chi connectivity index (χ4v) is 3.89. The summed E-state index contributed by atoms with van der Waals surface area (Å²) in [6.45, 7) is 3.84. The zero-order valence-electron chi connectivity index (χ0n) is 14.9. The van der Waals surface area contributed by atoms with Crippen molar-refractivity contribution < 1.29 is 9.53 Å². The fourth-order valence-electron chi connectivity index (χ4n) is 3.70. The van der Waals surface area contributed by atoms with E-state index in [2.05, 4.69) is 10.1 Å². The minimum Gasteiger partial charge on any atom is -0.378 e. The van der Waals surface area contributed by atoms with Crippen LogP contribution >= 0.6 is 11.6 Å². The predicted octanol–water partition coefficient (Wildman–Crippen LogP) is 3.77. The van der Waals surface area contributed by atoms with Gasteiger partial charge in [0.15, 0.2) is 0 Å². The Balaban J connectivity index is 1.64. The molecule has 0 unspecified atom stereocenters. The molecule has 0 radical (unpaired) electrons. The van der Waals surface area contributed by atoms with Gasteiger partial charge in [0, 0.05) is 36.9 Å². The van der Waals surface area contributed by atoms with Gasteiger partial charge in [0.1, 0.15) is 5.69 Å². The molecule has 1 fully saturated rings. The Morgan fingerprint density at radius 2 is 1.85 bits per heavy atom. The minimum absolute atomic E-state index is 0.0809. The van der Waals surface area contributed by atoms with Gasteiger partial charge in [-0.15, -0.1) is 4.91 Å². The number of hydrogen-bond donors (Lipinski definition) is 0. The summed E-state index contributed by atoms with van der Waals surface area (Å²) in [4.78, 5) is 28.3. The number of carbonyl (C=O) groups excluding carboxylic acids is 1. The second kappa shape index (κ2) is 7.66. The molecule has 2 aliphatic heterocycles. The van der Waals surface area contributed by atoms with Crippen molar-refractivity contribution in [2.24, 2.45) is 5.18 Å². The third kappa shape index (κ3) is 3.68. The number of anilines is 1. The summed E-state index contributed by atoms with van der Waals surface area (Å²) in [5.41, 5.74) is 3.91. The van der Waals surface area contributed by atoms with Crippen LogP contribution in [0.4, 0.5) is 11.4 Å². The first-order chi connectivity index (χ1) is 13.2. The lowest BCUT2D eigenvalue weighted by molar-refractivity contribution is 0.0734. The molecule has 2 heterocycles. The van der Waals surface area contributed by atoms with E-state index in [-0.39, 0.29) is 11.6 Å². The van der Waals surface area contributed by atoms with Gasteiger partial charge in [0.25, 0.3) is 5.91 Å². The normalized spacial score (nSPS) is 16.8. The third-order valence-corrected chi connectivity index (χ3v) is 5.37. The van der Waals surface area contributed by atoms with E-state index in [1.807, 2.05) is 29.2 Å². The van der Waals surface area contributed by atoms with Gasteiger partial charge in [0.05, 0.1) is 18.8 Å². The molecule has 0 bridgehead atoms. The summed E-state index contributed by atoms with van der Waals surface area (Å²) in [5.74, 6) is -0.0809. The van der Waals surface area contributed by atoms with E-state index in [0.29, 0.717) is 36.9 Å². The van der Waals surface area contributed by atoms with E-state index in [1.165, 1.54) is 5.56 Å². The second-order valence-electron chi connectivity index (χ2n) is 6.78. The number of benzene rings is 2. The van der Waals surface area contributed by atoms with Crippen LogP contribution in [0.1, 0.15) is 21.5 Å². The van der Waals surface area contributed by atoms with E-state index in [0.717, 1.165) is 30.8 Å². The highest BCUT2D eigenvalue weighted by atomic mass is 35.5. The maximum absolute atomic E-state index is 13.3. The highest BCUT2D eigenvalue weighted by molar-refractivity contribution is 6.30. The van der Waals surface area contributed by atoms with Crippen molar-refractivity contribution in [1.29, 1.82) is 0 Å². The van der Waals surface area contributed by atoms with Crippen molar-refractivity contribution in [3.63, 3.8) is 0 Å². The number of amides is 1. The molecule has 0 aromatic heterocycles. The van der Waals surface area contributed by atoms with Gasteiger partial charge >= 0.3 is 0 Å². The molecule has 0 aliphatic carbocycles. The molecule has 140 valence electrons. The average Bonchev–Trinajstić information content (AvgIpc) is 2.73. The van der Waals surface area contributed by atoms with Crippen LogP contribution in [0.5, 0.6) is 0 Å². The molecule has 0 N–H and O–H groups in total. The highest BCUT2D eigenvalue weighted by Crippen LogP contribution is 2.30. The number of nitroso groups, excluding NO2 is 1. The Morgan fingerprint density at radius 1 is 1.04 bits per heavy atom. The molecule has 1 saturated heterocycles. The Kier molecular flexibility index (Phi) is 5.09. The topological polar surface area (TPSA) is 62.2 Å². The molecule has 2 aromatic rings. The minimum atomic E-state index is -0.0809. The van der Waals surface area contributed by atoms with E-state index >= 15 is 0 Å². The van der Waals surface area contributed by atoms with Crippen molar-refractivity contribution in [2.45, 2.75) is 13.0 Å². The zero-order valence-corrected chi connectivity index (χ0v) is 15.6. The van der Waals surface area contributed by atoms with E-state index in [4.69, 9.17) is 16.3 Å². The summed E-state index contributed by atoms with van der Waals surface area (Å²) < 4.78 is 5.42. The molecule has 0 saturated carbocycles. The standard InChI is InChI=1S/C20H20ClN3O3/c21-16-2-1-15-13-24(6-5-14(15)11-16)20(25)18-12-17(22-26)3-4-19(18)23-7-9-27-10-8-23/h1-4,11-12H,5-10,13H2. The van der Waals surface area contributed by atoms with Crippen molar-refractivity contribution in [3.8, 4) is 0 Å². The van der Waals surface area contributed by atoms with Gasteiger partial charge in [-0.05, 0) is 53.1 Å². The van der Waals surface area contributed by atoms with Crippen molar-refractivity contribution >= 4 is 28.9 Å². The van der Waals surface area contributed by atoms with E-state index in [9.17, 15) is 9.70 Å². The SMILES string of the molecule is O=Nc1ccc(N2CCOCC2)c(C(=O)N2CCc3cc(Cl)ccc3C2)c1. The van der Waals surface area contributed by atoms with Crippen LogP contribution < -0.4 is 4.90 Å². The van der Waals surface area contributed by atoms with Crippen molar-refractivity contribution in [2.75, 3.05) is 37.7 Å². The first-order valence-electron chi connectivity index (χ1n) is 9.02. The van der Waals surface area contributed by atoms with E-state index in [1.54, 1.807) is 12.1 Å². The number of morpholine rings is 1. The molecular formula is C20H20ClN3O3. The molecule has 0 spiro atoms. The second-order valence-corrected chi connectivity index (χ2v) is 7.22. The summed E-state index contributed by atoms with van der Waals surface area (Å²) in [6, 6.07) is 10.9. The number of nitrogens with zero attached hydrogens (tertiary/aromatic N) is 3. The number of hydrogen-bond acceptors (Lipinski definition) is 5. The van der Waals surface area contributed by atoms with Crippen LogP contribution in [0.25, 0.3) is 0 Å². The van der Waals surface area contributed by atoms with Crippen LogP contribution in [-0.2, 0) is 17.7 Å². The summed E-state index contributed by atoms with van der Waals surface area (Å²) in [6.07, 6.45) is 0.764. The zero-order chi connectivity index (χ0) is 18.8. The Morgan fingerprint density at radius 3 is 2.63 bits per heavy atom. The Hall–Kier alpha value is -2.44. The smallest absolute Gasteiger partial charge is 0.256 e. The summed E-state index contributed by atoms with van der Waals surface area (Å²) >= 11 is 6.08. The Bertz CT molecular complexity index is 881. The van der Waals surface area contributed by atoms with Crippen LogP contribution in [-0.4, -0.2) is 43.7 Å². The molecule has 27 heavy (non-hydrogen) atoms. The number of ether oxygens (including phenoxy) is 1. The lowest BCUT2D eigenvalue weighted by atomic mass is 9.98. The van der Waals surface area contributed by atoms with Gasteiger partial charge < -0.3 is 14.5 Å². The summed E-state index contributed by atoms with van der Waals surface area (Å²) in [7, 11) is 0. The predicted molar refractivity (Wildman–Crippen MR) is 105 cm³/mol. The van der Waals surface area contributed by atoms with E-state index < -0.39 is 0 Å². The first-order valence-corrected chi connectivity index (χ1v) is 9.40. The monoisotopic (exact) mass is 385 g/mol. The number of fused-ring (bicyclic) bond motifs is 1. The molecule has 6 nitrogen and oxygen atoms in total. The lowest BCUT2D eigenvalue weighted by Crippen LogP contribution is -2.40. The van der Waals surface area contributed by atoms with Gasteiger partial charge in [0.2, 0.25) is 0 Å². The number of carbonyl (C=O) groups is 1. The van der Waals surface area contributed by atoms with Gasteiger partial charge in [-0.3, -0.25) is 4.79 Å². The third-order valence-electron chi connectivity index (χ3n) is 5.14. The largest absolute Gasteiger partial charge is 0.378 e. The highest BCUT2D eigenvalue weighted by Gasteiger charge is 2.26. The number of rotatable bonds is 3. The molecule has 1 amide bonds. The van der Waals surface area contributed by atoms with Crippen LogP contribution in [0, 0.1) is 4.91 Å². The summed E-state index contributed by atoms with van der Waals surface area (Å²) in [5, 5.41) is 3.73. The lowest BCUT2D eigenvalue weighted by Gasteiger charge is -2.33. The first kappa shape index (κ1) is 17.9. The van der Waals surface area contributed by atoms with Crippen LogP contribution in [0.3, 0.4) is 0 Å². The maximum Gasteiger partial charge on any atom is 0.256 e. The van der Waals surface area contributed by atoms with Crippen molar-refractivity contribution in [3.05, 3.63) is 63.0 Å². The molecule has 2 aromatic carbocycles. The van der Waals surface area contributed by atoms with Crippen molar-refractivity contribution in [1.82, 2.24) is 4.90 Å². The van der Waals surface area contributed by atoms with Gasteiger partial charge in [-0.1, -0.05) is 17.7 Å². The quantitative estimate of drug-likeness (QED) is 0.754. The maximum atomic E-state index is 13.3. The molecule has 7 heteroatoms. The molecule has 0 atom stereocenters. The van der Waals surface area contributed by atoms with Crippen LogP contribution in [0.2, 0.25) is 5.02 Å². The number of halogens is 1. The molecule has 4 rings (SSSR count). The van der Waals surface area contributed by atoms with Crippen LogP contribution in [0.15, 0.2) is 41.6 Å². The molecule has 2 aliphatic rings. The Labute approximate surface area is 162 Å². The van der Waals surface area contributed by atoms with Gasteiger partial charge in [-0.25, -0.2) is 0 Å². The molecular weight excluding hydrogens is 366 g/mol. The average molecular weight is 386 g/mol.